The zero-order chi connectivity index (χ0) is 18.8. The standard InChI is InChI=1S/C20H27N5O2/c1-23-12-9-15(10-13-23)19(26)24-11-5-6-16(14-24)18-21-22-20(27)25(18)17-7-3-2-4-8-17/h2-4,7-8,15-16H,5-6,9-14H2,1H3,(H,22,27)/t16-/m0/s1. The number of likely N-dealkylation sites (tertiary alicyclic amines) is 2. The number of para-hydroxylation sites is 1. The molecule has 7 heteroatoms. The Morgan fingerprint density at radius 3 is 2.59 bits per heavy atom. The molecule has 2 saturated heterocycles. The van der Waals surface area contributed by atoms with Crippen LogP contribution >= 0.6 is 0 Å². The van der Waals surface area contributed by atoms with Crippen molar-refractivity contribution in [1.29, 1.82) is 0 Å². The molecule has 1 atom stereocenters. The van der Waals surface area contributed by atoms with E-state index in [0.717, 1.165) is 56.8 Å². The normalized spacial score (nSPS) is 22.1. The Morgan fingerprint density at radius 1 is 1.11 bits per heavy atom. The molecule has 0 radical (unpaired) electrons. The molecule has 2 aliphatic rings. The number of nitrogens with one attached hydrogen (secondary N) is 1. The zero-order valence-electron chi connectivity index (χ0n) is 15.8. The number of piperidine rings is 2. The van der Waals surface area contributed by atoms with E-state index in [9.17, 15) is 9.59 Å². The molecule has 2 fully saturated rings. The molecule has 3 heterocycles. The zero-order valence-corrected chi connectivity index (χ0v) is 15.8. The smallest absolute Gasteiger partial charge is 0.342 e. The van der Waals surface area contributed by atoms with Crippen LogP contribution in [-0.2, 0) is 4.79 Å². The van der Waals surface area contributed by atoms with Gasteiger partial charge < -0.3 is 9.80 Å². The van der Waals surface area contributed by atoms with E-state index in [4.69, 9.17) is 0 Å². The van der Waals surface area contributed by atoms with Crippen LogP contribution in [0, 0.1) is 5.92 Å². The molecule has 7 nitrogen and oxygen atoms in total. The number of aromatic nitrogens is 3. The summed E-state index contributed by atoms with van der Waals surface area (Å²) >= 11 is 0. The fraction of sp³-hybridized carbons (Fsp3) is 0.550. The number of carbonyl (C=O) groups is 1. The van der Waals surface area contributed by atoms with Crippen LogP contribution in [-0.4, -0.2) is 63.7 Å². The maximum Gasteiger partial charge on any atom is 0.347 e. The van der Waals surface area contributed by atoms with Gasteiger partial charge in [0.1, 0.15) is 5.82 Å². The lowest BCUT2D eigenvalue weighted by Crippen LogP contribution is -2.45. The third-order valence-electron chi connectivity index (χ3n) is 5.88. The van der Waals surface area contributed by atoms with Gasteiger partial charge in [-0.1, -0.05) is 18.2 Å². The molecule has 0 unspecified atom stereocenters. The Balaban J connectivity index is 1.53. The fourth-order valence-corrected chi connectivity index (χ4v) is 4.31. The van der Waals surface area contributed by atoms with Gasteiger partial charge in [0, 0.05) is 24.9 Å². The minimum absolute atomic E-state index is 0.0770. The SMILES string of the molecule is CN1CCC(C(=O)N2CCC[C@H](c3n[nH]c(=O)n3-c3ccccc3)C2)CC1. The van der Waals surface area contributed by atoms with Crippen molar-refractivity contribution >= 4 is 5.91 Å². The Labute approximate surface area is 159 Å². The molecule has 2 aliphatic heterocycles. The summed E-state index contributed by atoms with van der Waals surface area (Å²) < 4.78 is 1.65. The molecule has 0 spiro atoms. The Kier molecular flexibility index (Phi) is 5.11. The monoisotopic (exact) mass is 369 g/mol. The van der Waals surface area contributed by atoms with Crippen LogP contribution in [0.4, 0.5) is 0 Å². The van der Waals surface area contributed by atoms with Gasteiger partial charge >= 0.3 is 5.69 Å². The number of rotatable bonds is 3. The molecule has 0 bridgehead atoms. The highest BCUT2D eigenvalue weighted by molar-refractivity contribution is 5.79. The van der Waals surface area contributed by atoms with Gasteiger partial charge in [0.15, 0.2) is 0 Å². The summed E-state index contributed by atoms with van der Waals surface area (Å²) in [6.07, 6.45) is 3.76. The molecule has 27 heavy (non-hydrogen) atoms. The summed E-state index contributed by atoms with van der Waals surface area (Å²) in [6.45, 7) is 3.42. The fourth-order valence-electron chi connectivity index (χ4n) is 4.31. The second kappa shape index (κ2) is 7.68. The molecule has 1 aromatic heterocycles. The largest absolute Gasteiger partial charge is 0.347 e. The number of carbonyl (C=O) groups excluding carboxylic acids is 1. The second-order valence-electron chi connectivity index (χ2n) is 7.76. The highest BCUT2D eigenvalue weighted by Gasteiger charge is 2.33. The first kappa shape index (κ1) is 18.0. The first-order valence-corrected chi connectivity index (χ1v) is 9.83. The first-order valence-electron chi connectivity index (χ1n) is 9.83. The molecular weight excluding hydrogens is 342 g/mol. The molecule has 0 aliphatic carbocycles. The van der Waals surface area contributed by atoms with E-state index in [1.54, 1.807) is 4.57 Å². The summed E-state index contributed by atoms with van der Waals surface area (Å²) in [5.41, 5.74) is 0.583. The second-order valence-corrected chi connectivity index (χ2v) is 7.76. The molecule has 1 N–H and O–H groups in total. The third-order valence-corrected chi connectivity index (χ3v) is 5.88. The van der Waals surface area contributed by atoms with Crippen molar-refractivity contribution in [2.45, 2.75) is 31.6 Å². The van der Waals surface area contributed by atoms with Crippen molar-refractivity contribution in [2.75, 3.05) is 33.2 Å². The average Bonchev–Trinajstić information content (AvgIpc) is 3.10. The number of amides is 1. The van der Waals surface area contributed by atoms with Gasteiger partial charge in [-0.2, -0.15) is 5.10 Å². The van der Waals surface area contributed by atoms with Gasteiger partial charge in [-0.05, 0) is 58.0 Å². The van der Waals surface area contributed by atoms with Gasteiger partial charge in [-0.15, -0.1) is 0 Å². The maximum absolute atomic E-state index is 13.0. The van der Waals surface area contributed by atoms with Gasteiger partial charge in [0.2, 0.25) is 5.91 Å². The van der Waals surface area contributed by atoms with E-state index in [0.29, 0.717) is 6.54 Å². The van der Waals surface area contributed by atoms with E-state index in [1.807, 2.05) is 35.2 Å². The van der Waals surface area contributed by atoms with Gasteiger partial charge in [0.25, 0.3) is 0 Å². The minimum Gasteiger partial charge on any atom is -0.342 e. The summed E-state index contributed by atoms with van der Waals surface area (Å²) in [7, 11) is 2.11. The number of benzene rings is 1. The number of aromatic amines is 1. The number of H-pyrrole nitrogens is 1. The van der Waals surface area contributed by atoms with E-state index in [2.05, 4.69) is 22.1 Å². The van der Waals surface area contributed by atoms with E-state index in [1.165, 1.54) is 0 Å². The van der Waals surface area contributed by atoms with Crippen molar-refractivity contribution in [3.05, 3.63) is 46.6 Å². The predicted molar refractivity (Wildman–Crippen MR) is 103 cm³/mol. The van der Waals surface area contributed by atoms with Crippen molar-refractivity contribution in [3.8, 4) is 5.69 Å². The summed E-state index contributed by atoms with van der Waals surface area (Å²) in [5, 5.41) is 6.91. The highest BCUT2D eigenvalue weighted by Crippen LogP contribution is 2.28. The lowest BCUT2D eigenvalue weighted by atomic mass is 9.92. The van der Waals surface area contributed by atoms with Crippen molar-refractivity contribution in [3.63, 3.8) is 0 Å². The van der Waals surface area contributed by atoms with E-state index >= 15 is 0 Å². The van der Waals surface area contributed by atoms with Crippen molar-refractivity contribution < 1.29 is 4.79 Å². The summed E-state index contributed by atoms with van der Waals surface area (Å²) in [6, 6.07) is 9.57. The average molecular weight is 369 g/mol. The van der Waals surface area contributed by atoms with Crippen LogP contribution in [0.15, 0.2) is 35.1 Å². The van der Waals surface area contributed by atoms with Crippen LogP contribution in [0.1, 0.15) is 37.4 Å². The molecule has 0 saturated carbocycles. The van der Waals surface area contributed by atoms with Crippen LogP contribution in [0.25, 0.3) is 5.69 Å². The number of nitrogens with zero attached hydrogens (tertiary/aromatic N) is 4. The molecule has 4 rings (SSSR count). The molecule has 1 amide bonds. The predicted octanol–water partition coefficient (Wildman–Crippen LogP) is 1.61. The van der Waals surface area contributed by atoms with Gasteiger partial charge in [-0.25, -0.2) is 14.5 Å². The lowest BCUT2D eigenvalue weighted by molar-refractivity contribution is -0.138. The highest BCUT2D eigenvalue weighted by atomic mass is 16.2. The minimum atomic E-state index is -0.227. The number of hydrogen-bond donors (Lipinski definition) is 1. The van der Waals surface area contributed by atoms with Crippen LogP contribution in [0.3, 0.4) is 0 Å². The van der Waals surface area contributed by atoms with Crippen LogP contribution in [0.2, 0.25) is 0 Å². The first-order chi connectivity index (χ1) is 13.1. The maximum atomic E-state index is 13.0. The van der Waals surface area contributed by atoms with Crippen molar-refractivity contribution in [2.24, 2.45) is 5.92 Å². The number of hydrogen-bond acceptors (Lipinski definition) is 4. The van der Waals surface area contributed by atoms with E-state index < -0.39 is 0 Å². The van der Waals surface area contributed by atoms with Crippen LogP contribution in [0.5, 0.6) is 0 Å². The van der Waals surface area contributed by atoms with Crippen molar-refractivity contribution in [1.82, 2.24) is 24.6 Å². The topological polar surface area (TPSA) is 74.2 Å². The third kappa shape index (κ3) is 3.69. The Bertz CT molecular complexity index is 836. The summed E-state index contributed by atoms with van der Waals surface area (Å²) in [4.78, 5) is 29.6. The van der Waals surface area contributed by atoms with Gasteiger partial charge in [0.05, 0.1) is 5.69 Å². The molecular formula is C20H27N5O2. The van der Waals surface area contributed by atoms with Gasteiger partial charge in [-0.3, -0.25) is 4.79 Å². The lowest BCUT2D eigenvalue weighted by Gasteiger charge is -2.36. The van der Waals surface area contributed by atoms with Crippen LogP contribution < -0.4 is 5.69 Å². The Morgan fingerprint density at radius 2 is 1.85 bits per heavy atom. The quantitative estimate of drug-likeness (QED) is 0.892. The Hall–Kier alpha value is -2.41. The molecule has 144 valence electrons. The molecule has 1 aromatic carbocycles. The molecule has 2 aromatic rings. The van der Waals surface area contributed by atoms with E-state index in [-0.39, 0.29) is 23.4 Å². The summed E-state index contributed by atoms with van der Waals surface area (Å²) in [5.74, 6) is 1.22.